The summed E-state index contributed by atoms with van der Waals surface area (Å²) in [5.74, 6) is 1.50. The van der Waals surface area contributed by atoms with Gasteiger partial charge in [-0.2, -0.15) is 5.10 Å². The van der Waals surface area contributed by atoms with E-state index in [1.807, 2.05) is 13.8 Å². The minimum absolute atomic E-state index is 0.246. The van der Waals surface area contributed by atoms with Gasteiger partial charge in [-0.05, 0) is 13.8 Å². The molecule has 0 unspecified atom stereocenters. The van der Waals surface area contributed by atoms with Crippen LogP contribution in [0.4, 0.5) is 5.69 Å². The Balaban J connectivity index is 1.73. The zero-order valence-electron chi connectivity index (χ0n) is 18.6. The molecule has 0 aliphatic carbocycles. The number of ether oxygens (including phenoxy) is 2. The van der Waals surface area contributed by atoms with E-state index in [1.54, 1.807) is 43.5 Å². The van der Waals surface area contributed by atoms with Gasteiger partial charge in [0.15, 0.2) is 17.9 Å². The summed E-state index contributed by atoms with van der Waals surface area (Å²) in [6.45, 7) is 4.57. The summed E-state index contributed by atoms with van der Waals surface area (Å²) in [5.41, 5.74) is 3.88. The van der Waals surface area contributed by atoms with Crippen LogP contribution in [-0.2, 0) is 6.54 Å². The van der Waals surface area contributed by atoms with E-state index in [4.69, 9.17) is 13.9 Å². The van der Waals surface area contributed by atoms with Gasteiger partial charge in [0, 0.05) is 24.9 Å². The Morgan fingerprint density at radius 1 is 1.18 bits per heavy atom. The van der Waals surface area contributed by atoms with Crippen LogP contribution in [0, 0.1) is 0 Å². The maximum atomic E-state index is 13.3. The lowest BCUT2D eigenvalue weighted by atomic mass is 10.1. The van der Waals surface area contributed by atoms with Crippen LogP contribution in [0.5, 0.6) is 11.5 Å². The number of methoxy groups -OCH3 is 2. The second-order valence-electron chi connectivity index (χ2n) is 7.54. The Hall–Kier alpha value is -4.28. The summed E-state index contributed by atoms with van der Waals surface area (Å²) >= 11 is 0. The normalized spacial score (nSPS) is 12.4. The molecule has 33 heavy (non-hydrogen) atoms. The zero-order chi connectivity index (χ0) is 23.1. The number of imidazole rings is 1. The van der Waals surface area contributed by atoms with Crippen LogP contribution in [0.2, 0.25) is 0 Å². The van der Waals surface area contributed by atoms with Crippen molar-refractivity contribution in [3.63, 3.8) is 0 Å². The maximum absolute atomic E-state index is 13.3. The Morgan fingerprint density at radius 3 is 2.67 bits per heavy atom. The third kappa shape index (κ3) is 3.47. The average Bonchev–Trinajstić information content (AvgIpc) is 3.56. The Kier molecular flexibility index (Phi) is 5.00. The van der Waals surface area contributed by atoms with E-state index in [-0.39, 0.29) is 11.6 Å². The number of oxazole rings is 1. The second kappa shape index (κ2) is 8.01. The molecule has 4 heterocycles. The number of nitrogens with zero attached hydrogens (tertiary/aromatic N) is 4. The molecule has 170 valence electrons. The van der Waals surface area contributed by atoms with Gasteiger partial charge in [0.2, 0.25) is 0 Å². The first-order chi connectivity index (χ1) is 16.0. The van der Waals surface area contributed by atoms with Crippen LogP contribution >= 0.6 is 0 Å². The van der Waals surface area contributed by atoms with Gasteiger partial charge in [0.1, 0.15) is 28.9 Å². The number of benzene rings is 1. The first-order valence-electron chi connectivity index (χ1n) is 10.4. The highest BCUT2D eigenvalue weighted by Gasteiger charge is 2.23. The quantitative estimate of drug-likeness (QED) is 0.344. The molecule has 11 nitrogen and oxygen atoms in total. The molecule has 0 fully saturated rings. The molecule has 3 N–H and O–H groups in total. The number of fused-ring (bicyclic) bond motifs is 2. The molecule has 0 bridgehead atoms. The lowest BCUT2D eigenvalue weighted by Gasteiger charge is -2.15. The summed E-state index contributed by atoms with van der Waals surface area (Å²) in [6, 6.07) is 3.30. The maximum Gasteiger partial charge on any atom is 0.261 e. The second-order valence-corrected chi connectivity index (χ2v) is 7.54. The molecule has 1 aromatic carbocycles. The molecular weight excluding hydrogens is 426 g/mol. The van der Waals surface area contributed by atoms with Crippen molar-refractivity contribution in [1.82, 2.24) is 29.7 Å². The number of pyridine rings is 1. The molecule has 0 spiro atoms. The summed E-state index contributed by atoms with van der Waals surface area (Å²) in [5, 5.41) is 8.05. The highest BCUT2D eigenvalue weighted by atomic mass is 16.5. The fourth-order valence-corrected chi connectivity index (χ4v) is 3.82. The van der Waals surface area contributed by atoms with E-state index >= 15 is 0 Å². The number of aromatic amines is 2. The van der Waals surface area contributed by atoms with Crippen molar-refractivity contribution < 1.29 is 13.9 Å². The number of anilines is 1. The lowest BCUT2D eigenvalue weighted by Crippen LogP contribution is -2.16. The number of H-pyrrole nitrogens is 2. The predicted octanol–water partition coefficient (Wildman–Crippen LogP) is 3.47. The molecule has 0 aliphatic heterocycles. The standard InChI is InChI=1S/C22H23N7O4/c1-5-29-8-14-19(28-29)20(24-11(2)15-9-33-10-23-15)18(22(30)27-14)21-25-12-6-16(31-3)17(32-4)7-13(12)26-21/h6-11,24H,5H2,1-4H3,(H,25,26)(H,27,30)/t11-/m0/s1. The first kappa shape index (κ1) is 20.6. The fourth-order valence-electron chi connectivity index (χ4n) is 3.82. The van der Waals surface area contributed by atoms with Crippen molar-refractivity contribution in [3.05, 3.63) is 47.0 Å². The number of hydrogen-bond acceptors (Lipinski definition) is 8. The van der Waals surface area contributed by atoms with Crippen LogP contribution in [0.15, 0.2) is 40.2 Å². The number of nitrogens with one attached hydrogen (secondary N) is 3. The summed E-state index contributed by atoms with van der Waals surface area (Å²) in [7, 11) is 3.13. The monoisotopic (exact) mass is 449 g/mol. The van der Waals surface area contributed by atoms with Gasteiger partial charge in [-0.15, -0.1) is 0 Å². The minimum atomic E-state index is -0.300. The van der Waals surface area contributed by atoms with Gasteiger partial charge in [0.25, 0.3) is 5.56 Å². The molecule has 5 aromatic rings. The van der Waals surface area contributed by atoms with E-state index in [2.05, 4.69) is 30.4 Å². The van der Waals surface area contributed by atoms with Crippen molar-refractivity contribution in [3.8, 4) is 22.9 Å². The summed E-state index contributed by atoms with van der Waals surface area (Å²) < 4.78 is 17.7. The highest BCUT2D eigenvalue weighted by Crippen LogP contribution is 2.35. The van der Waals surface area contributed by atoms with Crippen LogP contribution in [0.25, 0.3) is 33.5 Å². The van der Waals surface area contributed by atoms with Gasteiger partial charge in [-0.25, -0.2) is 9.97 Å². The van der Waals surface area contributed by atoms with Crippen molar-refractivity contribution in [2.75, 3.05) is 19.5 Å². The van der Waals surface area contributed by atoms with E-state index in [0.717, 1.165) is 0 Å². The number of rotatable bonds is 7. The molecule has 11 heteroatoms. The number of aryl methyl sites for hydroxylation is 1. The zero-order valence-corrected chi connectivity index (χ0v) is 18.6. The van der Waals surface area contributed by atoms with Crippen molar-refractivity contribution in [1.29, 1.82) is 0 Å². The highest BCUT2D eigenvalue weighted by molar-refractivity contribution is 5.96. The number of aromatic nitrogens is 6. The van der Waals surface area contributed by atoms with Crippen LogP contribution in [-0.4, -0.2) is 43.9 Å². The van der Waals surface area contributed by atoms with E-state index in [0.29, 0.717) is 62.9 Å². The van der Waals surface area contributed by atoms with Gasteiger partial charge >= 0.3 is 0 Å². The van der Waals surface area contributed by atoms with E-state index in [1.165, 1.54) is 6.39 Å². The predicted molar refractivity (Wildman–Crippen MR) is 123 cm³/mol. The molecule has 0 aliphatic rings. The first-order valence-corrected chi connectivity index (χ1v) is 10.4. The Bertz CT molecular complexity index is 1460. The fraction of sp³-hybridized carbons (Fsp3) is 0.273. The summed E-state index contributed by atoms with van der Waals surface area (Å²) in [4.78, 5) is 28.3. The van der Waals surface area contributed by atoms with Crippen molar-refractivity contribution >= 4 is 27.8 Å². The molecule has 0 saturated heterocycles. The molecular formula is C22H23N7O4. The molecule has 0 saturated carbocycles. The molecule has 5 rings (SSSR count). The molecule has 0 radical (unpaired) electrons. The average molecular weight is 449 g/mol. The van der Waals surface area contributed by atoms with E-state index in [9.17, 15) is 4.79 Å². The van der Waals surface area contributed by atoms with Gasteiger partial charge in [-0.3, -0.25) is 9.48 Å². The smallest absolute Gasteiger partial charge is 0.261 e. The van der Waals surface area contributed by atoms with Crippen molar-refractivity contribution in [2.24, 2.45) is 0 Å². The topological polar surface area (TPSA) is 136 Å². The van der Waals surface area contributed by atoms with Gasteiger partial charge in [0.05, 0.1) is 42.5 Å². The van der Waals surface area contributed by atoms with E-state index < -0.39 is 0 Å². The molecule has 1 atom stereocenters. The van der Waals surface area contributed by atoms with Gasteiger partial charge in [-0.1, -0.05) is 0 Å². The Labute approximate surface area is 187 Å². The summed E-state index contributed by atoms with van der Waals surface area (Å²) in [6.07, 6.45) is 4.74. The lowest BCUT2D eigenvalue weighted by molar-refractivity contribution is 0.356. The largest absolute Gasteiger partial charge is 0.493 e. The van der Waals surface area contributed by atoms with Crippen LogP contribution < -0.4 is 20.3 Å². The van der Waals surface area contributed by atoms with Crippen molar-refractivity contribution in [2.45, 2.75) is 26.4 Å². The Morgan fingerprint density at radius 2 is 1.97 bits per heavy atom. The van der Waals surface area contributed by atoms with Gasteiger partial charge < -0.3 is 29.2 Å². The third-order valence-electron chi connectivity index (χ3n) is 5.53. The SMILES string of the molecule is CCn1cc2[nH]c(=O)c(-c3nc4cc(OC)c(OC)cc4[nH]3)c(N[C@@H](C)c3cocn3)c2n1. The van der Waals surface area contributed by atoms with Crippen LogP contribution in [0.1, 0.15) is 25.6 Å². The molecule has 4 aromatic heterocycles. The number of hydrogen-bond donors (Lipinski definition) is 3. The van der Waals surface area contributed by atoms with Crippen LogP contribution in [0.3, 0.4) is 0 Å². The molecule has 0 amide bonds. The third-order valence-corrected chi connectivity index (χ3v) is 5.53. The minimum Gasteiger partial charge on any atom is -0.493 e.